The molecule has 0 radical (unpaired) electrons. The molecule has 1 aromatic carbocycles. The number of aromatic nitrogens is 2. The molecule has 0 atom stereocenters. The van der Waals surface area contributed by atoms with E-state index >= 15 is 0 Å². The van der Waals surface area contributed by atoms with E-state index in [-0.39, 0.29) is 27.2 Å². The summed E-state index contributed by atoms with van der Waals surface area (Å²) in [6.45, 7) is -0.487. The van der Waals surface area contributed by atoms with Crippen LogP contribution in [0.4, 0.5) is 11.4 Å². The van der Waals surface area contributed by atoms with Crippen molar-refractivity contribution in [2.75, 3.05) is 12.4 Å². The number of carbonyl (C=O) groups excluding carboxylic acids is 1. The number of nitro groups is 1. The standard InChI is InChI=1S/C13H10Cl2N4O5/c1-24-7-2-3-9(10(4-7)19(22)23)17-11(20)6-18-13(21)12(15)8(14)5-16-18/h2-5H,6H2,1H3,(H,17,20). The number of nitrogens with zero attached hydrogens (tertiary/aromatic N) is 3. The summed E-state index contributed by atoms with van der Waals surface area (Å²) in [4.78, 5) is 34.2. The number of hydrogen-bond donors (Lipinski definition) is 1. The van der Waals surface area contributed by atoms with Gasteiger partial charge in [0, 0.05) is 0 Å². The van der Waals surface area contributed by atoms with Gasteiger partial charge in [0.05, 0.1) is 29.3 Å². The molecule has 1 heterocycles. The Balaban J connectivity index is 2.23. The Morgan fingerprint density at radius 2 is 2.17 bits per heavy atom. The molecule has 11 heteroatoms. The van der Waals surface area contributed by atoms with Crippen molar-refractivity contribution in [1.29, 1.82) is 0 Å². The number of carbonyl (C=O) groups is 1. The first kappa shape index (κ1) is 17.7. The molecular weight excluding hydrogens is 363 g/mol. The lowest BCUT2D eigenvalue weighted by Crippen LogP contribution is -2.30. The number of anilines is 1. The summed E-state index contributed by atoms with van der Waals surface area (Å²) >= 11 is 11.3. The smallest absolute Gasteiger partial charge is 0.296 e. The molecule has 0 aliphatic rings. The third kappa shape index (κ3) is 3.81. The Morgan fingerprint density at radius 3 is 2.79 bits per heavy atom. The van der Waals surface area contributed by atoms with E-state index in [2.05, 4.69) is 10.4 Å². The van der Waals surface area contributed by atoms with Gasteiger partial charge in [-0.25, -0.2) is 4.68 Å². The molecule has 0 bridgehead atoms. The van der Waals surface area contributed by atoms with Crippen molar-refractivity contribution >= 4 is 40.5 Å². The highest BCUT2D eigenvalue weighted by atomic mass is 35.5. The number of nitrogens with one attached hydrogen (secondary N) is 1. The van der Waals surface area contributed by atoms with Crippen LogP contribution in [0.5, 0.6) is 5.75 Å². The first-order valence-electron chi connectivity index (χ1n) is 6.37. The quantitative estimate of drug-likeness (QED) is 0.634. The Morgan fingerprint density at radius 1 is 1.46 bits per heavy atom. The minimum atomic E-state index is -0.747. The first-order valence-corrected chi connectivity index (χ1v) is 7.12. The summed E-state index contributed by atoms with van der Waals surface area (Å²) in [6.07, 6.45) is 1.12. The molecule has 1 aromatic heterocycles. The molecule has 0 aliphatic carbocycles. The van der Waals surface area contributed by atoms with E-state index in [9.17, 15) is 19.7 Å². The number of rotatable bonds is 5. The lowest BCUT2D eigenvalue weighted by molar-refractivity contribution is -0.384. The zero-order chi connectivity index (χ0) is 17.9. The molecular formula is C13H10Cl2N4O5. The fourth-order valence-electron chi connectivity index (χ4n) is 1.78. The van der Waals surface area contributed by atoms with E-state index in [1.165, 1.54) is 25.3 Å². The van der Waals surface area contributed by atoms with Crippen molar-refractivity contribution in [1.82, 2.24) is 9.78 Å². The molecule has 0 saturated carbocycles. The largest absolute Gasteiger partial charge is 0.496 e. The molecule has 2 aromatic rings. The molecule has 2 rings (SSSR count). The van der Waals surface area contributed by atoms with Crippen LogP contribution < -0.4 is 15.6 Å². The Kier molecular flexibility index (Phi) is 5.37. The number of methoxy groups -OCH3 is 1. The van der Waals surface area contributed by atoms with Crippen LogP contribution in [0.3, 0.4) is 0 Å². The molecule has 0 fully saturated rings. The molecule has 0 spiro atoms. The zero-order valence-corrected chi connectivity index (χ0v) is 13.7. The summed E-state index contributed by atoms with van der Waals surface area (Å²) in [5.41, 5.74) is -1.14. The van der Waals surface area contributed by atoms with Gasteiger partial charge >= 0.3 is 0 Å². The van der Waals surface area contributed by atoms with Crippen LogP contribution in [-0.4, -0.2) is 27.7 Å². The van der Waals surface area contributed by atoms with Crippen molar-refractivity contribution in [3.63, 3.8) is 0 Å². The van der Waals surface area contributed by atoms with Crippen molar-refractivity contribution in [2.24, 2.45) is 0 Å². The van der Waals surface area contributed by atoms with Crippen molar-refractivity contribution < 1.29 is 14.5 Å². The third-order valence-corrected chi connectivity index (χ3v) is 3.66. The van der Waals surface area contributed by atoms with Crippen LogP contribution in [-0.2, 0) is 11.3 Å². The summed E-state index contributed by atoms with van der Waals surface area (Å²) < 4.78 is 5.69. The van der Waals surface area contributed by atoms with Gasteiger partial charge in [-0.3, -0.25) is 19.7 Å². The molecule has 0 unspecified atom stereocenters. The minimum Gasteiger partial charge on any atom is -0.496 e. The Bertz CT molecular complexity index is 868. The third-order valence-electron chi connectivity index (χ3n) is 2.91. The van der Waals surface area contributed by atoms with E-state index in [0.717, 1.165) is 10.9 Å². The van der Waals surface area contributed by atoms with Gasteiger partial charge < -0.3 is 10.1 Å². The second-order valence-electron chi connectivity index (χ2n) is 4.46. The lowest BCUT2D eigenvalue weighted by atomic mass is 10.2. The van der Waals surface area contributed by atoms with Crippen molar-refractivity contribution in [2.45, 2.75) is 6.54 Å². The highest BCUT2D eigenvalue weighted by molar-refractivity contribution is 6.41. The normalized spacial score (nSPS) is 10.3. The van der Waals surface area contributed by atoms with Gasteiger partial charge in [-0.2, -0.15) is 5.10 Å². The van der Waals surface area contributed by atoms with Gasteiger partial charge in [0.25, 0.3) is 11.2 Å². The highest BCUT2D eigenvalue weighted by Gasteiger charge is 2.18. The summed E-state index contributed by atoms with van der Waals surface area (Å²) in [6, 6.07) is 3.94. The fourth-order valence-corrected chi connectivity index (χ4v) is 2.05. The van der Waals surface area contributed by atoms with Crippen LogP contribution in [0, 0.1) is 10.1 Å². The molecule has 126 valence electrons. The van der Waals surface area contributed by atoms with E-state index in [4.69, 9.17) is 27.9 Å². The molecule has 0 saturated heterocycles. The van der Waals surface area contributed by atoms with E-state index in [1.807, 2.05) is 0 Å². The minimum absolute atomic E-state index is 0.0379. The van der Waals surface area contributed by atoms with Crippen LogP contribution in [0.25, 0.3) is 0 Å². The maximum Gasteiger partial charge on any atom is 0.296 e. The number of benzene rings is 1. The first-order chi connectivity index (χ1) is 11.3. The summed E-state index contributed by atoms with van der Waals surface area (Å²) in [5.74, 6) is -0.432. The second-order valence-corrected chi connectivity index (χ2v) is 5.24. The molecule has 1 amide bonds. The Hall–Kier alpha value is -2.65. The topological polar surface area (TPSA) is 116 Å². The van der Waals surface area contributed by atoms with E-state index in [0.29, 0.717) is 0 Å². The van der Waals surface area contributed by atoms with Gasteiger partial charge in [0.2, 0.25) is 5.91 Å². The lowest BCUT2D eigenvalue weighted by Gasteiger charge is -2.08. The monoisotopic (exact) mass is 372 g/mol. The van der Waals surface area contributed by atoms with Gasteiger partial charge in [-0.15, -0.1) is 0 Å². The maximum atomic E-state index is 12.0. The van der Waals surface area contributed by atoms with Crippen molar-refractivity contribution in [3.8, 4) is 5.75 Å². The van der Waals surface area contributed by atoms with E-state index in [1.54, 1.807) is 0 Å². The van der Waals surface area contributed by atoms with Gasteiger partial charge in [-0.05, 0) is 12.1 Å². The average Bonchev–Trinajstić information content (AvgIpc) is 2.55. The van der Waals surface area contributed by atoms with Crippen LogP contribution in [0.2, 0.25) is 10.0 Å². The molecule has 1 N–H and O–H groups in total. The van der Waals surface area contributed by atoms with Crippen LogP contribution >= 0.6 is 23.2 Å². The average molecular weight is 373 g/mol. The maximum absolute atomic E-state index is 12.0. The highest BCUT2D eigenvalue weighted by Crippen LogP contribution is 2.28. The Labute approximate surface area is 144 Å². The number of ether oxygens (including phenoxy) is 1. The molecule has 24 heavy (non-hydrogen) atoms. The number of amides is 1. The molecule has 0 aliphatic heterocycles. The van der Waals surface area contributed by atoms with Crippen LogP contribution in [0.1, 0.15) is 0 Å². The van der Waals surface area contributed by atoms with Gasteiger partial charge in [0.1, 0.15) is 23.0 Å². The van der Waals surface area contributed by atoms with Gasteiger partial charge in [-0.1, -0.05) is 23.2 Å². The SMILES string of the molecule is COc1ccc(NC(=O)Cn2ncc(Cl)c(Cl)c2=O)c([N+](=O)[O-])c1. The van der Waals surface area contributed by atoms with E-state index < -0.39 is 22.9 Å². The summed E-state index contributed by atoms with van der Waals surface area (Å²) in [7, 11) is 1.36. The zero-order valence-electron chi connectivity index (χ0n) is 12.2. The molecule has 9 nitrogen and oxygen atoms in total. The predicted molar refractivity (Wildman–Crippen MR) is 86.8 cm³/mol. The number of hydrogen-bond acceptors (Lipinski definition) is 6. The second kappa shape index (κ2) is 7.28. The summed E-state index contributed by atoms with van der Waals surface area (Å²) in [5, 5.41) is 16.8. The number of nitro benzene ring substituents is 1. The number of halogens is 2. The van der Waals surface area contributed by atoms with Crippen LogP contribution in [0.15, 0.2) is 29.2 Å². The van der Waals surface area contributed by atoms with Gasteiger partial charge in [0.15, 0.2) is 0 Å². The predicted octanol–water partition coefficient (Wildman–Crippen LogP) is 2.11. The fraction of sp³-hybridized carbons (Fsp3) is 0.154. The van der Waals surface area contributed by atoms with Crippen molar-refractivity contribution in [3.05, 3.63) is 54.9 Å².